The van der Waals surface area contributed by atoms with Crippen molar-refractivity contribution in [2.24, 2.45) is 0 Å². The highest BCUT2D eigenvalue weighted by Gasteiger charge is 2.44. The van der Waals surface area contributed by atoms with Crippen molar-refractivity contribution in [3.8, 4) is 0 Å². The number of aliphatic hydroxyl groups is 4. The molecular formula is C14H21N5O5S. The van der Waals surface area contributed by atoms with Crippen molar-refractivity contribution < 1.29 is 25.2 Å². The number of hydrogen-bond acceptors (Lipinski definition) is 10. The summed E-state index contributed by atoms with van der Waals surface area (Å²) in [6.45, 7) is -0.275. The summed E-state index contributed by atoms with van der Waals surface area (Å²) >= 11 is 1.47. The number of fused-ring (bicyclic) bond motifs is 1. The first-order chi connectivity index (χ1) is 12.0. The van der Waals surface area contributed by atoms with Gasteiger partial charge in [0.05, 0.1) is 25.1 Å². The van der Waals surface area contributed by atoms with Gasteiger partial charge in [0, 0.05) is 5.75 Å². The Morgan fingerprint density at radius 3 is 2.84 bits per heavy atom. The van der Waals surface area contributed by atoms with Crippen molar-refractivity contribution >= 4 is 28.7 Å². The predicted molar refractivity (Wildman–Crippen MR) is 90.7 cm³/mol. The minimum atomic E-state index is -1.14. The van der Waals surface area contributed by atoms with Crippen LogP contribution in [-0.4, -0.2) is 82.5 Å². The molecule has 25 heavy (non-hydrogen) atoms. The fourth-order valence-electron chi connectivity index (χ4n) is 2.66. The van der Waals surface area contributed by atoms with Crippen LogP contribution in [0.25, 0.3) is 11.2 Å². The van der Waals surface area contributed by atoms with Crippen molar-refractivity contribution in [2.75, 3.05) is 23.8 Å². The molecule has 10 nitrogen and oxygen atoms in total. The molecule has 0 unspecified atom stereocenters. The molecule has 0 aliphatic carbocycles. The van der Waals surface area contributed by atoms with Gasteiger partial charge in [-0.25, -0.2) is 15.0 Å². The number of nitrogens with two attached hydrogens (primary N) is 1. The van der Waals surface area contributed by atoms with E-state index in [1.165, 1.54) is 29.0 Å². The molecule has 2 aromatic rings. The predicted octanol–water partition coefficient (Wildman–Crippen LogP) is -1.50. The van der Waals surface area contributed by atoms with Gasteiger partial charge in [-0.2, -0.15) is 11.8 Å². The quantitative estimate of drug-likeness (QED) is 0.363. The second kappa shape index (κ2) is 7.81. The van der Waals surface area contributed by atoms with Crippen LogP contribution in [0.5, 0.6) is 0 Å². The van der Waals surface area contributed by atoms with Gasteiger partial charge < -0.3 is 30.9 Å². The van der Waals surface area contributed by atoms with Gasteiger partial charge in [-0.15, -0.1) is 0 Å². The summed E-state index contributed by atoms with van der Waals surface area (Å²) in [7, 11) is 0. The Bertz CT molecular complexity index is 716. The van der Waals surface area contributed by atoms with Crippen LogP contribution >= 0.6 is 11.8 Å². The third-order valence-corrected chi connectivity index (χ3v) is 5.18. The van der Waals surface area contributed by atoms with E-state index in [9.17, 15) is 15.3 Å². The zero-order valence-electron chi connectivity index (χ0n) is 13.3. The van der Waals surface area contributed by atoms with Crippen LogP contribution in [0.3, 0.4) is 0 Å². The normalized spacial score (nSPS) is 27.8. The van der Waals surface area contributed by atoms with Crippen LogP contribution < -0.4 is 5.73 Å². The number of ether oxygens (including phenoxy) is 1. The lowest BCUT2D eigenvalue weighted by Gasteiger charge is -2.16. The zero-order chi connectivity index (χ0) is 18.0. The molecule has 0 amide bonds. The van der Waals surface area contributed by atoms with E-state index in [-0.39, 0.29) is 12.4 Å². The molecule has 1 aliphatic heterocycles. The number of aromatic nitrogens is 4. The van der Waals surface area contributed by atoms with Crippen LogP contribution in [0.1, 0.15) is 12.6 Å². The Labute approximate surface area is 147 Å². The van der Waals surface area contributed by atoms with Crippen LogP contribution in [0, 0.1) is 0 Å². The summed E-state index contributed by atoms with van der Waals surface area (Å²) in [6, 6.07) is 0. The lowest BCUT2D eigenvalue weighted by Crippen LogP contribution is -2.32. The molecule has 0 saturated carbocycles. The Morgan fingerprint density at radius 2 is 2.08 bits per heavy atom. The molecule has 138 valence electrons. The molecule has 0 spiro atoms. The van der Waals surface area contributed by atoms with Crippen LogP contribution in [0.4, 0.5) is 5.82 Å². The van der Waals surface area contributed by atoms with Crippen LogP contribution in [0.2, 0.25) is 0 Å². The van der Waals surface area contributed by atoms with Crippen molar-refractivity contribution in [3.05, 3.63) is 12.7 Å². The van der Waals surface area contributed by atoms with E-state index in [0.29, 0.717) is 29.1 Å². The number of rotatable bonds is 7. The number of anilines is 1. The fraction of sp³-hybridized carbons (Fsp3) is 0.643. The molecule has 11 heteroatoms. The van der Waals surface area contributed by atoms with E-state index in [1.54, 1.807) is 0 Å². The van der Waals surface area contributed by atoms with E-state index in [1.807, 2.05) is 0 Å². The van der Waals surface area contributed by atoms with Gasteiger partial charge in [-0.3, -0.25) is 4.57 Å². The first-order valence-electron chi connectivity index (χ1n) is 7.84. The largest absolute Gasteiger partial charge is 0.394 e. The van der Waals surface area contributed by atoms with Crippen molar-refractivity contribution in [3.63, 3.8) is 0 Å². The van der Waals surface area contributed by atoms with E-state index >= 15 is 0 Å². The maximum atomic E-state index is 10.3. The highest BCUT2D eigenvalue weighted by atomic mass is 32.2. The molecule has 2 aromatic heterocycles. The van der Waals surface area contributed by atoms with Crippen LogP contribution in [-0.2, 0) is 4.74 Å². The van der Waals surface area contributed by atoms with Gasteiger partial charge in [0.15, 0.2) is 17.7 Å². The molecule has 5 atom stereocenters. The van der Waals surface area contributed by atoms with E-state index in [4.69, 9.17) is 15.6 Å². The molecular weight excluding hydrogens is 350 g/mol. The molecule has 6 N–H and O–H groups in total. The standard InChI is InChI=1S/C14H21N5O5S/c15-12-9-13(17-5-16-12)19(6-18-9)14-11(23)10(22)8(24-14)4-25-2-1-7(21)3-20/h5-8,10-11,14,20-23H,1-4H2,(H2,15,16,17)/t7-,8-,10-,11-,14-/m1/s1. The van der Waals surface area contributed by atoms with Gasteiger partial charge in [0.1, 0.15) is 24.1 Å². The zero-order valence-corrected chi connectivity index (χ0v) is 14.2. The molecule has 3 heterocycles. The molecule has 3 rings (SSSR count). The number of nitrogens with zero attached hydrogens (tertiary/aromatic N) is 4. The lowest BCUT2D eigenvalue weighted by atomic mass is 10.1. The first-order valence-corrected chi connectivity index (χ1v) is 8.99. The van der Waals surface area contributed by atoms with Gasteiger partial charge in [-0.1, -0.05) is 0 Å². The minimum absolute atomic E-state index is 0.228. The molecule has 1 fully saturated rings. The number of imidazole rings is 1. The monoisotopic (exact) mass is 371 g/mol. The van der Waals surface area contributed by atoms with Crippen molar-refractivity contribution in [1.29, 1.82) is 0 Å². The van der Waals surface area contributed by atoms with Gasteiger partial charge in [0.2, 0.25) is 0 Å². The van der Waals surface area contributed by atoms with Gasteiger partial charge >= 0.3 is 0 Å². The topological polar surface area (TPSA) is 160 Å². The molecule has 1 saturated heterocycles. The highest BCUT2D eigenvalue weighted by Crippen LogP contribution is 2.33. The Balaban J connectivity index is 1.66. The Morgan fingerprint density at radius 1 is 1.28 bits per heavy atom. The van der Waals surface area contributed by atoms with Crippen molar-refractivity contribution in [1.82, 2.24) is 19.5 Å². The highest BCUT2D eigenvalue weighted by molar-refractivity contribution is 7.99. The summed E-state index contributed by atoms with van der Waals surface area (Å²) in [4.78, 5) is 12.1. The second-order valence-electron chi connectivity index (χ2n) is 5.83. The third kappa shape index (κ3) is 3.71. The number of aliphatic hydroxyl groups excluding tert-OH is 4. The number of thioether (sulfide) groups is 1. The summed E-state index contributed by atoms with van der Waals surface area (Å²) < 4.78 is 7.33. The minimum Gasteiger partial charge on any atom is -0.394 e. The summed E-state index contributed by atoms with van der Waals surface area (Å²) in [5, 5.41) is 38.7. The van der Waals surface area contributed by atoms with Crippen LogP contribution in [0.15, 0.2) is 12.7 Å². The van der Waals surface area contributed by atoms with E-state index < -0.39 is 30.6 Å². The van der Waals surface area contributed by atoms with Crippen molar-refractivity contribution in [2.45, 2.75) is 37.1 Å². The van der Waals surface area contributed by atoms with Gasteiger partial charge in [-0.05, 0) is 12.2 Å². The van der Waals surface area contributed by atoms with E-state index in [0.717, 1.165) is 0 Å². The molecule has 0 bridgehead atoms. The average molecular weight is 371 g/mol. The summed E-state index contributed by atoms with van der Waals surface area (Å²) in [5.74, 6) is 1.27. The first kappa shape index (κ1) is 18.3. The molecule has 0 radical (unpaired) electrons. The molecule has 0 aromatic carbocycles. The number of nitrogen functional groups attached to an aromatic ring is 1. The number of hydrogen-bond donors (Lipinski definition) is 5. The smallest absolute Gasteiger partial charge is 0.167 e. The average Bonchev–Trinajstić information content (AvgIpc) is 3.15. The van der Waals surface area contributed by atoms with E-state index in [2.05, 4.69) is 15.0 Å². The molecule has 1 aliphatic rings. The Kier molecular flexibility index (Phi) is 5.71. The lowest BCUT2D eigenvalue weighted by molar-refractivity contribution is -0.0289. The maximum Gasteiger partial charge on any atom is 0.167 e. The SMILES string of the molecule is Nc1ncnc2c1ncn2[C@@H]1O[C@H](CSCC[C@@H](O)CO)[C@@H](O)[C@H]1O. The second-order valence-corrected chi connectivity index (χ2v) is 6.98. The summed E-state index contributed by atoms with van der Waals surface area (Å²) in [5.41, 5.74) is 6.58. The van der Waals surface area contributed by atoms with Gasteiger partial charge in [0.25, 0.3) is 0 Å². The fourth-order valence-corrected chi connectivity index (χ4v) is 3.78. The third-order valence-electron chi connectivity index (χ3n) is 4.09. The maximum absolute atomic E-state index is 10.3. The Hall–Kier alpha value is -1.50. The summed E-state index contributed by atoms with van der Waals surface area (Å²) in [6.07, 6.45) is -1.16.